The van der Waals surface area contributed by atoms with Gasteiger partial charge >= 0.3 is 0 Å². The lowest BCUT2D eigenvalue weighted by Crippen LogP contribution is -1.98. The molecule has 4 rings (SSSR count). The lowest BCUT2D eigenvalue weighted by atomic mass is 10.1. The average Bonchev–Trinajstić information content (AvgIpc) is 3.13. The Morgan fingerprint density at radius 3 is 1.00 bits per heavy atom. The molecule has 0 unspecified atom stereocenters. The summed E-state index contributed by atoms with van der Waals surface area (Å²) in [5.41, 5.74) is 6.13. The fourth-order valence-electron chi connectivity index (χ4n) is 5.36. The molecular weight excluding hydrogens is 592 g/mol. The summed E-state index contributed by atoms with van der Waals surface area (Å²) < 4.78 is 11.9. The second kappa shape index (κ2) is 22.3. The summed E-state index contributed by atoms with van der Waals surface area (Å²) in [6.45, 7) is 5.93. The van der Waals surface area contributed by atoms with Crippen molar-refractivity contribution in [3.8, 4) is 11.5 Å². The monoisotopic (exact) mass is 646 g/mol. The van der Waals surface area contributed by atoms with Crippen molar-refractivity contribution in [2.75, 3.05) is 13.2 Å². The highest BCUT2D eigenvalue weighted by molar-refractivity contribution is 5.44. The summed E-state index contributed by atoms with van der Waals surface area (Å²) in [5.74, 6) is 1.75. The van der Waals surface area contributed by atoms with E-state index in [-0.39, 0.29) is 0 Å². The Morgan fingerprint density at radius 2 is 0.667 bits per heavy atom. The lowest BCUT2D eigenvalue weighted by Gasteiger charge is -2.07. The first-order valence-electron chi connectivity index (χ1n) is 18.2. The van der Waals surface area contributed by atoms with Gasteiger partial charge in [-0.2, -0.15) is 20.5 Å². The zero-order chi connectivity index (χ0) is 33.5. The van der Waals surface area contributed by atoms with Gasteiger partial charge in [-0.15, -0.1) is 0 Å². The van der Waals surface area contributed by atoms with E-state index in [9.17, 15) is 0 Å². The highest BCUT2D eigenvalue weighted by atomic mass is 16.5. The Labute approximate surface area is 288 Å². The smallest absolute Gasteiger partial charge is 0.119 e. The number of ether oxygens (including phenoxy) is 2. The molecule has 0 amide bonds. The molecule has 0 fully saturated rings. The van der Waals surface area contributed by atoms with Crippen LogP contribution < -0.4 is 9.47 Å². The Hall–Kier alpha value is -4.32. The van der Waals surface area contributed by atoms with Crippen molar-refractivity contribution >= 4 is 22.7 Å². The van der Waals surface area contributed by atoms with Gasteiger partial charge in [-0.25, -0.2) is 0 Å². The SMILES string of the molecule is CCCCCc1ccc(N=Nc2ccc(OCCCCCCCCOc3ccc(N=Nc4ccc(CCCCC)cc4)cc3)cc2)cc1. The largest absolute Gasteiger partial charge is 0.494 e. The third-order valence-corrected chi connectivity index (χ3v) is 8.32. The van der Waals surface area contributed by atoms with Gasteiger partial charge in [-0.05, 0) is 122 Å². The molecule has 6 nitrogen and oxygen atoms in total. The highest BCUT2D eigenvalue weighted by Gasteiger charge is 2.00. The zero-order valence-electron chi connectivity index (χ0n) is 29.2. The van der Waals surface area contributed by atoms with Crippen molar-refractivity contribution in [2.24, 2.45) is 20.5 Å². The standard InChI is InChI=1S/C42H54N4O2/c1-3-5-11-15-35-17-21-37(22-18-35)43-45-39-25-29-41(30-26-39)47-33-13-9-7-8-10-14-34-48-42-31-27-40(28-32-42)46-44-38-23-19-36(20-24-38)16-12-6-4-2/h17-32H,3-16,33-34H2,1-2H3. The van der Waals surface area contributed by atoms with Crippen LogP contribution in [-0.2, 0) is 12.8 Å². The van der Waals surface area contributed by atoms with E-state index < -0.39 is 0 Å². The molecule has 48 heavy (non-hydrogen) atoms. The van der Waals surface area contributed by atoms with Crippen LogP contribution in [0.15, 0.2) is 118 Å². The number of hydrogen-bond donors (Lipinski definition) is 0. The Kier molecular flexibility index (Phi) is 17.0. The molecule has 0 radical (unpaired) electrons. The molecule has 4 aromatic carbocycles. The molecule has 0 saturated heterocycles. The van der Waals surface area contributed by atoms with Gasteiger partial charge in [-0.3, -0.25) is 0 Å². The summed E-state index contributed by atoms with van der Waals surface area (Å²) in [6, 6.07) is 32.5. The van der Waals surface area contributed by atoms with Crippen LogP contribution in [0.1, 0.15) is 102 Å². The summed E-state index contributed by atoms with van der Waals surface area (Å²) in [6.07, 6.45) is 16.7. The van der Waals surface area contributed by atoms with E-state index in [1.54, 1.807) is 0 Å². The van der Waals surface area contributed by atoms with Gasteiger partial charge in [0.15, 0.2) is 0 Å². The van der Waals surface area contributed by atoms with Gasteiger partial charge in [0.25, 0.3) is 0 Å². The fraction of sp³-hybridized carbons (Fsp3) is 0.429. The van der Waals surface area contributed by atoms with E-state index in [0.717, 1.165) is 73.1 Å². The van der Waals surface area contributed by atoms with Crippen molar-refractivity contribution in [3.05, 3.63) is 108 Å². The number of azo groups is 2. The number of nitrogens with zero attached hydrogens (tertiary/aromatic N) is 4. The van der Waals surface area contributed by atoms with Crippen LogP contribution in [0.5, 0.6) is 11.5 Å². The van der Waals surface area contributed by atoms with E-state index in [1.165, 1.54) is 75.3 Å². The van der Waals surface area contributed by atoms with Crippen LogP contribution in [0, 0.1) is 0 Å². The van der Waals surface area contributed by atoms with Crippen molar-refractivity contribution in [1.29, 1.82) is 0 Å². The zero-order valence-corrected chi connectivity index (χ0v) is 29.2. The molecule has 0 spiro atoms. The first-order valence-corrected chi connectivity index (χ1v) is 18.2. The van der Waals surface area contributed by atoms with Crippen LogP contribution in [0.3, 0.4) is 0 Å². The van der Waals surface area contributed by atoms with Crippen molar-refractivity contribution in [3.63, 3.8) is 0 Å². The molecule has 0 aromatic heterocycles. The van der Waals surface area contributed by atoms with E-state index in [4.69, 9.17) is 9.47 Å². The first kappa shape index (κ1) is 36.5. The second-order valence-electron chi connectivity index (χ2n) is 12.5. The number of aryl methyl sites for hydroxylation is 2. The normalized spacial score (nSPS) is 11.5. The molecule has 0 aliphatic heterocycles. The van der Waals surface area contributed by atoms with Crippen LogP contribution in [-0.4, -0.2) is 13.2 Å². The van der Waals surface area contributed by atoms with Crippen LogP contribution in [0.4, 0.5) is 22.7 Å². The van der Waals surface area contributed by atoms with Crippen molar-refractivity contribution < 1.29 is 9.47 Å². The third kappa shape index (κ3) is 14.6. The second-order valence-corrected chi connectivity index (χ2v) is 12.5. The maximum Gasteiger partial charge on any atom is 0.119 e. The van der Waals surface area contributed by atoms with Gasteiger partial charge < -0.3 is 9.47 Å². The molecule has 0 aliphatic rings. The van der Waals surface area contributed by atoms with Crippen molar-refractivity contribution in [2.45, 2.75) is 104 Å². The summed E-state index contributed by atoms with van der Waals surface area (Å²) in [7, 11) is 0. The predicted molar refractivity (Wildman–Crippen MR) is 199 cm³/mol. The topological polar surface area (TPSA) is 67.9 Å². The maximum atomic E-state index is 5.93. The van der Waals surface area contributed by atoms with E-state index in [0.29, 0.717) is 0 Å². The summed E-state index contributed by atoms with van der Waals surface area (Å²) in [5, 5.41) is 17.5. The van der Waals surface area contributed by atoms with Crippen LogP contribution in [0.25, 0.3) is 0 Å². The fourth-order valence-corrected chi connectivity index (χ4v) is 5.36. The van der Waals surface area contributed by atoms with Crippen LogP contribution in [0.2, 0.25) is 0 Å². The van der Waals surface area contributed by atoms with Gasteiger partial charge in [0.05, 0.1) is 36.0 Å². The number of hydrogen-bond acceptors (Lipinski definition) is 6. The molecule has 0 saturated carbocycles. The number of benzene rings is 4. The quantitative estimate of drug-likeness (QED) is 0.0594. The molecule has 6 heteroatoms. The molecule has 0 N–H and O–H groups in total. The van der Waals surface area contributed by atoms with Crippen molar-refractivity contribution in [1.82, 2.24) is 0 Å². The predicted octanol–water partition coefficient (Wildman–Crippen LogP) is 13.8. The molecule has 0 atom stereocenters. The first-order chi connectivity index (χ1) is 23.7. The molecule has 0 heterocycles. The van der Waals surface area contributed by atoms with E-state index in [1.807, 2.05) is 72.8 Å². The summed E-state index contributed by atoms with van der Waals surface area (Å²) >= 11 is 0. The van der Waals surface area contributed by atoms with Crippen LogP contribution >= 0.6 is 0 Å². The average molecular weight is 647 g/mol. The molecular formula is C42H54N4O2. The molecule has 254 valence electrons. The highest BCUT2D eigenvalue weighted by Crippen LogP contribution is 2.24. The third-order valence-electron chi connectivity index (χ3n) is 8.32. The number of unbranched alkanes of at least 4 members (excludes halogenated alkanes) is 9. The van der Waals surface area contributed by atoms with Gasteiger partial charge in [0.1, 0.15) is 11.5 Å². The Bertz CT molecular complexity index is 1350. The van der Waals surface area contributed by atoms with E-state index >= 15 is 0 Å². The molecule has 4 aromatic rings. The minimum Gasteiger partial charge on any atom is -0.494 e. The Morgan fingerprint density at radius 1 is 0.354 bits per heavy atom. The van der Waals surface area contributed by atoms with Gasteiger partial charge in [-0.1, -0.05) is 89.5 Å². The minimum absolute atomic E-state index is 0.732. The van der Waals surface area contributed by atoms with Gasteiger partial charge in [0, 0.05) is 0 Å². The molecule has 0 bridgehead atoms. The lowest BCUT2D eigenvalue weighted by molar-refractivity contribution is 0.297. The molecule has 0 aliphatic carbocycles. The van der Waals surface area contributed by atoms with Gasteiger partial charge in [0.2, 0.25) is 0 Å². The maximum absolute atomic E-state index is 5.93. The van der Waals surface area contributed by atoms with E-state index in [2.05, 4.69) is 58.6 Å². The number of rotatable bonds is 23. The summed E-state index contributed by atoms with van der Waals surface area (Å²) in [4.78, 5) is 0. The Balaban J connectivity index is 1.00. The minimum atomic E-state index is 0.732.